The molecule has 13 heteroatoms. The zero-order valence-corrected chi connectivity index (χ0v) is 18.0. The lowest BCUT2D eigenvalue weighted by atomic mass is 9.77. The van der Waals surface area contributed by atoms with Crippen molar-refractivity contribution in [3.05, 3.63) is 63.1 Å². The fraction of sp³-hybridized carbons (Fsp3) is 0.300. The molecule has 3 heterocycles. The van der Waals surface area contributed by atoms with E-state index in [9.17, 15) is 27.2 Å². The number of amides is 2. The van der Waals surface area contributed by atoms with E-state index in [0.717, 1.165) is 12.1 Å². The molecule has 1 aromatic carbocycles. The van der Waals surface area contributed by atoms with Gasteiger partial charge in [0.1, 0.15) is 18.1 Å². The average Bonchev–Trinajstić information content (AvgIpc) is 3.39. The number of halogens is 6. The van der Waals surface area contributed by atoms with E-state index in [2.05, 4.69) is 20.8 Å². The van der Waals surface area contributed by atoms with Crippen molar-refractivity contribution in [1.82, 2.24) is 15.8 Å². The predicted octanol–water partition coefficient (Wildman–Crippen LogP) is 3.38. The van der Waals surface area contributed by atoms with Crippen LogP contribution in [0.3, 0.4) is 0 Å². The van der Waals surface area contributed by atoms with E-state index in [1.807, 2.05) is 0 Å². The minimum atomic E-state index is -4.74. The Kier molecular flexibility index (Phi) is 6.06. The maximum absolute atomic E-state index is 14.2. The molecule has 0 saturated carbocycles. The molecule has 2 unspecified atom stereocenters. The molecule has 2 aromatic rings. The fourth-order valence-corrected chi connectivity index (χ4v) is 4.06. The molecule has 7 nitrogen and oxygen atoms in total. The molecule has 2 amide bonds. The molecule has 0 radical (unpaired) electrons. The van der Waals surface area contributed by atoms with E-state index in [-0.39, 0.29) is 29.1 Å². The van der Waals surface area contributed by atoms with Gasteiger partial charge in [-0.1, -0.05) is 23.2 Å². The summed E-state index contributed by atoms with van der Waals surface area (Å²) in [6, 6.07) is 3.65. The minimum absolute atomic E-state index is 0.0379. The van der Waals surface area contributed by atoms with Crippen LogP contribution in [0.2, 0.25) is 10.0 Å². The van der Waals surface area contributed by atoms with Gasteiger partial charge in [0.15, 0.2) is 5.82 Å². The van der Waals surface area contributed by atoms with Gasteiger partial charge in [-0.15, -0.1) is 0 Å². The van der Waals surface area contributed by atoms with Crippen LogP contribution in [0, 0.1) is 5.82 Å². The van der Waals surface area contributed by atoms with Crippen LogP contribution in [-0.4, -0.2) is 47.9 Å². The second-order valence-electron chi connectivity index (χ2n) is 7.51. The van der Waals surface area contributed by atoms with Crippen LogP contribution in [0.25, 0.3) is 0 Å². The van der Waals surface area contributed by atoms with E-state index in [1.165, 1.54) is 18.3 Å². The third-order valence-electron chi connectivity index (χ3n) is 5.45. The van der Waals surface area contributed by atoms with Crippen molar-refractivity contribution in [1.29, 1.82) is 0 Å². The maximum atomic E-state index is 14.2. The number of hydrogen-bond acceptors (Lipinski definition) is 5. The molecule has 2 N–H and O–H groups in total. The van der Waals surface area contributed by atoms with E-state index < -0.39 is 58.3 Å². The van der Waals surface area contributed by atoms with Crippen LogP contribution < -0.4 is 10.8 Å². The number of carbonyl (C=O) groups excluding carboxylic acids is 2. The number of alkyl halides is 3. The lowest BCUT2D eigenvalue weighted by Gasteiger charge is -2.31. The normalized spacial score (nSPS) is 22.8. The molecular formula is C20H14Cl2F4N4O3. The Morgan fingerprint density at radius 2 is 1.94 bits per heavy atom. The first-order valence-electron chi connectivity index (χ1n) is 9.46. The summed E-state index contributed by atoms with van der Waals surface area (Å²) in [7, 11) is 0. The number of rotatable bonds is 4. The standard InChI is InChI=1S/C20H14Cl2F4N4O3/c21-11-3-10(4-12(22)16(11)23)19(20(24,25)26)5-14(28-8-19)13-2-1-9(6-27-13)17(31)29-15-7-33-30-18(15)32/h1-4,6,15H,5,7-8H2,(H,29,31)(H,30,32). The van der Waals surface area contributed by atoms with Gasteiger partial charge in [-0.05, 0) is 29.8 Å². The van der Waals surface area contributed by atoms with Gasteiger partial charge in [0.05, 0.1) is 33.6 Å². The number of nitrogens with one attached hydrogen (secondary N) is 2. The van der Waals surface area contributed by atoms with E-state index in [1.54, 1.807) is 0 Å². The number of hydrogen-bond donors (Lipinski definition) is 2. The molecule has 2 aliphatic rings. The van der Waals surface area contributed by atoms with Gasteiger partial charge >= 0.3 is 6.18 Å². The van der Waals surface area contributed by atoms with Crippen molar-refractivity contribution >= 4 is 40.7 Å². The molecule has 0 bridgehead atoms. The molecule has 0 aliphatic carbocycles. The molecule has 1 aromatic heterocycles. The van der Waals surface area contributed by atoms with E-state index in [0.29, 0.717) is 0 Å². The highest BCUT2D eigenvalue weighted by Crippen LogP contribution is 2.49. The number of benzene rings is 1. The van der Waals surface area contributed by atoms with E-state index >= 15 is 0 Å². The summed E-state index contributed by atoms with van der Waals surface area (Å²) in [4.78, 5) is 36.6. The fourth-order valence-electron chi connectivity index (χ4n) is 3.57. The highest BCUT2D eigenvalue weighted by Gasteiger charge is 2.58. The second kappa shape index (κ2) is 8.54. The van der Waals surface area contributed by atoms with Crippen molar-refractivity contribution in [3.8, 4) is 0 Å². The van der Waals surface area contributed by atoms with Crippen LogP contribution in [0.5, 0.6) is 0 Å². The Balaban J connectivity index is 1.56. The van der Waals surface area contributed by atoms with Crippen LogP contribution in [-0.2, 0) is 15.0 Å². The molecule has 1 saturated heterocycles. The lowest BCUT2D eigenvalue weighted by molar-refractivity contribution is -0.183. The first-order valence-corrected chi connectivity index (χ1v) is 10.2. The first kappa shape index (κ1) is 23.4. The van der Waals surface area contributed by atoms with Crippen molar-refractivity contribution in [2.75, 3.05) is 13.2 Å². The summed E-state index contributed by atoms with van der Waals surface area (Å²) in [5.74, 6) is -2.11. The van der Waals surface area contributed by atoms with Gasteiger partial charge in [0.2, 0.25) is 0 Å². The Hall–Kier alpha value is -2.76. The number of aromatic nitrogens is 1. The Bertz CT molecular complexity index is 1130. The quantitative estimate of drug-likeness (QED) is 0.493. The molecule has 2 aliphatic heterocycles. The summed E-state index contributed by atoms with van der Waals surface area (Å²) in [6.07, 6.45) is -4.15. The van der Waals surface area contributed by atoms with Gasteiger partial charge in [-0.3, -0.25) is 24.4 Å². The van der Waals surface area contributed by atoms with Crippen molar-refractivity contribution in [2.24, 2.45) is 4.99 Å². The van der Waals surface area contributed by atoms with Gasteiger partial charge in [-0.25, -0.2) is 9.87 Å². The average molecular weight is 505 g/mol. The summed E-state index contributed by atoms with van der Waals surface area (Å²) in [6.45, 7) is -0.700. The third-order valence-corrected chi connectivity index (χ3v) is 6.00. The monoisotopic (exact) mass is 504 g/mol. The number of hydroxylamine groups is 1. The molecule has 0 spiro atoms. The summed E-state index contributed by atoms with van der Waals surface area (Å²) in [5, 5.41) is 1.41. The predicted molar refractivity (Wildman–Crippen MR) is 110 cm³/mol. The largest absolute Gasteiger partial charge is 0.400 e. The number of aliphatic imine (C=N–C) groups is 1. The second-order valence-corrected chi connectivity index (χ2v) is 8.32. The molecule has 174 valence electrons. The van der Waals surface area contributed by atoms with Gasteiger partial charge < -0.3 is 5.32 Å². The first-order chi connectivity index (χ1) is 15.5. The minimum Gasteiger partial charge on any atom is -0.338 e. The number of pyridine rings is 1. The van der Waals surface area contributed by atoms with Crippen molar-refractivity contribution < 1.29 is 32.0 Å². The van der Waals surface area contributed by atoms with Crippen LogP contribution in [0.4, 0.5) is 17.6 Å². The van der Waals surface area contributed by atoms with Crippen LogP contribution in [0.1, 0.15) is 28.0 Å². The topological polar surface area (TPSA) is 92.7 Å². The zero-order chi connectivity index (χ0) is 24.0. The van der Waals surface area contributed by atoms with Crippen LogP contribution in [0.15, 0.2) is 35.5 Å². The smallest absolute Gasteiger partial charge is 0.338 e. The number of carbonyl (C=O) groups is 2. The van der Waals surface area contributed by atoms with Crippen LogP contribution >= 0.6 is 23.2 Å². The van der Waals surface area contributed by atoms with Crippen molar-refractivity contribution in [3.63, 3.8) is 0 Å². The van der Waals surface area contributed by atoms with Gasteiger partial charge in [0, 0.05) is 12.6 Å². The third kappa shape index (κ3) is 4.28. The van der Waals surface area contributed by atoms with Gasteiger partial charge in [0.25, 0.3) is 11.8 Å². The SMILES string of the molecule is O=C(NC1CONC1=O)c1ccc(C2=NCC(c3cc(Cl)c(F)c(Cl)c3)(C(F)(F)F)C2)nc1. The molecule has 33 heavy (non-hydrogen) atoms. The highest BCUT2D eigenvalue weighted by molar-refractivity contribution is 6.35. The Labute approximate surface area is 194 Å². The van der Waals surface area contributed by atoms with Crippen molar-refractivity contribution in [2.45, 2.75) is 24.1 Å². The number of nitrogens with zero attached hydrogens (tertiary/aromatic N) is 2. The van der Waals surface area contributed by atoms with E-state index in [4.69, 9.17) is 28.0 Å². The lowest BCUT2D eigenvalue weighted by Crippen LogP contribution is -2.44. The maximum Gasteiger partial charge on any atom is 0.400 e. The summed E-state index contributed by atoms with van der Waals surface area (Å²) >= 11 is 11.5. The molecule has 2 atom stereocenters. The molecule has 4 rings (SSSR count). The summed E-state index contributed by atoms with van der Waals surface area (Å²) in [5.41, 5.74) is -0.380. The molecule has 1 fully saturated rings. The highest BCUT2D eigenvalue weighted by atomic mass is 35.5. The van der Waals surface area contributed by atoms with Gasteiger partial charge in [-0.2, -0.15) is 13.2 Å². The molecular weight excluding hydrogens is 491 g/mol. The zero-order valence-electron chi connectivity index (χ0n) is 16.5. The Morgan fingerprint density at radius 1 is 1.24 bits per heavy atom. The Morgan fingerprint density at radius 3 is 2.48 bits per heavy atom. The summed E-state index contributed by atoms with van der Waals surface area (Å²) < 4.78 is 56.3.